The van der Waals surface area contributed by atoms with Gasteiger partial charge in [0, 0.05) is 5.02 Å². The van der Waals surface area contributed by atoms with Crippen LogP contribution in [0.1, 0.15) is 11.7 Å². The van der Waals surface area contributed by atoms with E-state index in [1.165, 1.54) is 24.3 Å². The number of fused-ring (bicyclic) bond motifs is 1. The molecule has 2 aromatic carbocycles. The zero-order valence-electron chi connectivity index (χ0n) is 10.9. The minimum atomic E-state index is -4.62. The zero-order valence-corrected chi connectivity index (χ0v) is 12.5. The van der Waals surface area contributed by atoms with Crippen LogP contribution in [0.3, 0.4) is 0 Å². The van der Waals surface area contributed by atoms with Gasteiger partial charge in [-0.15, -0.1) is 0 Å². The lowest BCUT2D eigenvalue weighted by molar-refractivity contribution is -0.198. The number of hydrogen-bond donors (Lipinski definition) is 0. The molecule has 1 aliphatic rings. The summed E-state index contributed by atoms with van der Waals surface area (Å²) in [5.41, 5.74) is -0.106. The lowest BCUT2D eigenvalue weighted by Gasteiger charge is -2.22. The summed E-state index contributed by atoms with van der Waals surface area (Å²) in [7, 11) is -2.17. The largest absolute Gasteiger partial charge is 0.464 e. The molecule has 2 aromatic rings. The van der Waals surface area contributed by atoms with Crippen LogP contribution in [0.2, 0.25) is 5.02 Å². The Morgan fingerprint density at radius 1 is 1.00 bits per heavy atom. The molecule has 3 nitrogen and oxygen atoms in total. The molecule has 3 rings (SSSR count). The van der Waals surface area contributed by atoms with Gasteiger partial charge in [-0.3, -0.25) is 4.52 Å². The van der Waals surface area contributed by atoms with Crippen molar-refractivity contribution in [2.45, 2.75) is 12.3 Å². The molecular weight excluding hydrogens is 340 g/mol. The van der Waals surface area contributed by atoms with E-state index in [0.717, 1.165) is 0 Å². The third kappa shape index (κ3) is 3.29. The van der Waals surface area contributed by atoms with Gasteiger partial charge in [-0.1, -0.05) is 35.9 Å². The smallest absolute Gasteiger partial charge is 0.414 e. The highest BCUT2D eigenvalue weighted by Gasteiger charge is 2.46. The van der Waals surface area contributed by atoms with E-state index < -0.39 is 20.9 Å². The molecule has 0 amide bonds. The third-order valence-corrected chi connectivity index (χ3v) is 4.14. The molecule has 8 heteroatoms. The Balaban J connectivity index is 1.81. The average Bonchev–Trinajstić information content (AvgIpc) is 2.86. The fraction of sp³-hybridized carbons (Fsp3) is 0.143. The van der Waals surface area contributed by atoms with Crippen LogP contribution in [0, 0.1) is 0 Å². The Morgan fingerprint density at radius 2 is 1.64 bits per heavy atom. The SMILES string of the molecule is FC(F)(F)C(OP1Oc2ccccc2O1)c1cccc(Cl)c1. The molecule has 0 saturated heterocycles. The van der Waals surface area contributed by atoms with Crippen molar-refractivity contribution >= 4 is 20.2 Å². The fourth-order valence-corrected chi connectivity index (χ4v) is 3.25. The number of para-hydroxylation sites is 2. The topological polar surface area (TPSA) is 27.7 Å². The molecule has 0 bridgehead atoms. The van der Waals surface area contributed by atoms with E-state index in [-0.39, 0.29) is 10.6 Å². The fourth-order valence-electron chi connectivity index (χ4n) is 1.89. The molecule has 0 N–H and O–H groups in total. The first-order valence-corrected chi connectivity index (χ1v) is 7.65. The van der Waals surface area contributed by atoms with Crippen molar-refractivity contribution in [3.8, 4) is 11.5 Å². The predicted molar refractivity (Wildman–Crippen MR) is 76.0 cm³/mol. The summed E-state index contributed by atoms with van der Waals surface area (Å²) < 4.78 is 55.3. The average molecular weight is 349 g/mol. The van der Waals surface area contributed by atoms with Crippen molar-refractivity contribution in [2.75, 3.05) is 0 Å². The normalized spacial score (nSPS) is 15.8. The second kappa shape index (κ2) is 5.95. The van der Waals surface area contributed by atoms with E-state index in [9.17, 15) is 13.2 Å². The number of hydrogen-bond acceptors (Lipinski definition) is 3. The molecule has 0 saturated carbocycles. The van der Waals surface area contributed by atoms with Gasteiger partial charge in [0.1, 0.15) is 0 Å². The number of rotatable bonds is 3. The molecule has 0 radical (unpaired) electrons. The molecule has 1 atom stereocenters. The second-order valence-electron chi connectivity index (χ2n) is 4.43. The summed E-state index contributed by atoms with van der Waals surface area (Å²) >= 11 is 5.75. The summed E-state index contributed by atoms with van der Waals surface area (Å²) in [4.78, 5) is 0. The van der Waals surface area contributed by atoms with E-state index in [1.807, 2.05) is 0 Å². The second-order valence-corrected chi connectivity index (χ2v) is 5.89. The van der Waals surface area contributed by atoms with Crippen molar-refractivity contribution in [3.05, 3.63) is 59.1 Å². The third-order valence-electron chi connectivity index (χ3n) is 2.84. The maximum Gasteiger partial charge on any atom is 0.464 e. The van der Waals surface area contributed by atoms with Crippen LogP contribution in [0.4, 0.5) is 13.2 Å². The number of halogens is 4. The van der Waals surface area contributed by atoms with Crippen LogP contribution >= 0.6 is 20.2 Å². The van der Waals surface area contributed by atoms with Gasteiger partial charge in [0.2, 0.25) is 0 Å². The molecule has 1 heterocycles. The van der Waals surface area contributed by atoms with Crippen LogP contribution in [0.15, 0.2) is 48.5 Å². The molecule has 1 unspecified atom stereocenters. The van der Waals surface area contributed by atoms with Crippen LogP contribution < -0.4 is 9.05 Å². The summed E-state index contributed by atoms with van der Waals surface area (Å²) in [5.74, 6) is 0.723. The maximum atomic E-state index is 13.3. The Morgan fingerprint density at radius 3 is 2.18 bits per heavy atom. The maximum absolute atomic E-state index is 13.3. The molecule has 0 aliphatic carbocycles. The molecule has 0 spiro atoms. The first-order chi connectivity index (χ1) is 10.4. The summed E-state index contributed by atoms with van der Waals surface area (Å²) in [6.07, 6.45) is -6.79. The van der Waals surface area contributed by atoms with Crippen LogP contribution in [0.25, 0.3) is 0 Å². The Kier molecular flexibility index (Phi) is 4.17. The van der Waals surface area contributed by atoms with Gasteiger partial charge < -0.3 is 9.05 Å². The highest BCUT2D eigenvalue weighted by Crippen LogP contribution is 2.56. The van der Waals surface area contributed by atoms with Crippen molar-refractivity contribution < 1.29 is 26.7 Å². The van der Waals surface area contributed by atoms with Crippen LogP contribution in [0.5, 0.6) is 11.5 Å². The predicted octanol–water partition coefficient (Wildman–Crippen LogP) is 5.66. The molecule has 0 aromatic heterocycles. The quantitative estimate of drug-likeness (QED) is 0.670. The minimum Gasteiger partial charge on any atom is -0.414 e. The van der Waals surface area contributed by atoms with Gasteiger partial charge in [0.05, 0.1) is 0 Å². The molecule has 1 aliphatic heterocycles. The van der Waals surface area contributed by atoms with E-state index in [4.69, 9.17) is 25.2 Å². The van der Waals surface area contributed by atoms with Crippen LogP contribution in [-0.4, -0.2) is 6.18 Å². The van der Waals surface area contributed by atoms with Crippen molar-refractivity contribution in [2.24, 2.45) is 0 Å². The van der Waals surface area contributed by atoms with Gasteiger partial charge in [-0.2, -0.15) is 13.2 Å². The van der Waals surface area contributed by atoms with Gasteiger partial charge >= 0.3 is 14.8 Å². The summed E-state index contributed by atoms with van der Waals surface area (Å²) in [6.45, 7) is 0. The lowest BCUT2D eigenvalue weighted by atomic mass is 10.1. The first kappa shape index (κ1) is 15.4. The van der Waals surface area contributed by atoms with Crippen molar-refractivity contribution in [1.82, 2.24) is 0 Å². The lowest BCUT2D eigenvalue weighted by Crippen LogP contribution is -2.23. The Bertz CT molecular complexity index is 655. The number of benzene rings is 2. The van der Waals surface area contributed by atoms with Crippen molar-refractivity contribution in [1.29, 1.82) is 0 Å². The highest BCUT2D eigenvalue weighted by molar-refractivity contribution is 7.43. The molecule has 0 fully saturated rings. The van der Waals surface area contributed by atoms with Gasteiger partial charge in [-0.25, -0.2) is 0 Å². The van der Waals surface area contributed by atoms with Gasteiger partial charge in [0.25, 0.3) is 0 Å². The number of alkyl halides is 3. The molecule has 22 heavy (non-hydrogen) atoms. The van der Waals surface area contributed by atoms with Gasteiger partial charge in [-0.05, 0) is 29.8 Å². The molecular formula is C14H9ClF3O3P. The monoisotopic (exact) mass is 348 g/mol. The van der Waals surface area contributed by atoms with E-state index in [1.54, 1.807) is 24.3 Å². The highest BCUT2D eigenvalue weighted by atomic mass is 35.5. The van der Waals surface area contributed by atoms with E-state index >= 15 is 0 Å². The summed E-state index contributed by atoms with van der Waals surface area (Å²) in [6, 6.07) is 12.0. The summed E-state index contributed by atoms with van der Waals surface area (Å²) in [5, 5.41) is 0.194. The molecule has 116 valence electrons. The Labute approximate surface area is 130 Å². The van der Waals surface area contributed by atoms with Crippen molar-refractivity contribution in [3.63, 3.8) is 0 Å². The van der Waals surface area contributed by atoms with Crippen LogP contribution in [-0.2, 0) is 4.52 Å². The standard InChI is InChI=1S/C14H9ClF3O3P/c15-10-5-3-4-9(8-10)13(14(16,17)18)21-22-19-11-6-1-2-7-12(11)20-22/h1-8,13H. The Hall–Kier alpha value is -1.49. The van der Waals surface area contributed by atoms with E-state index in [0.29, 0.717) is 11.5 Å². The minimum absolute atomic E-state index is 0.106. The zero-order chi connectivity index (χ0) is 15.7. The first-order valence-electron chi connectivity index (χ1n) is 6.17. The van der Waals surface area contributed by atoms with E-state index in [2.05, 4.69) is 0 Å². The van der Waals surface area contributed by atoms with Gasteiger partial charge in [0.15, 0.2) is 17.6 Å².